The number of aryl methyl sites for hydroxylation is 1. The zero-order valence-corrected chi connectivity index (χ0v) is 15.4. The highest BCUT2D eigenvalue weighted by molar-refractivity contribution is 7.92. The summed E-state index contributed by atoms with van der Waals surface area (Å²) in [5.41, 5.74) is 0.998. The van der Waals surface area contributed by atoms with Gasteiger partial charge in [0.1, 0.15) is 11.5 Å². The number of benzene rings is 1. The third kappa shape index (κ3) is 4.61. The highest BCUT2D eigenvalue weighted by Gasteiger charge is 2.17. The molecule has 0 aliphatic heterocycles. The van der Waals surface area contributed by atoms with Crippen LogP contribution in [0, 0.1) is 6.92 Å². The van der Waals surface area contributed by atoms with Crippen LogP contribution in [0.5, 0.6) is 0 Å². The van der Waals surface area contributed by atoms with Gasteiger partial charge in [-0.2, -0.15) is 9.97 Å². The number of carbonyl (C=O) groups excluding carboxylic acids is 1. The number of nitrogens with zero attached hydrogens (tertiary/aromatic N) is 4. The molecule has 27 heavy (non-hydrogen) atoms. The smallest absolute Gasteiger partial charge is 0.264 e. The first kappa shape index (κ1) is 18.4. The van der Waals surface area contributed by atoms with Crippen molar-refractivity contribution in [3.8, 4) is 11.5 Å². The third-order valence-electron chi connectivity index (χ3n) is 3.35. The van der Waals surface area contributed by atoms with E-state index in [4.69, 9.17) is 0 Å². The predicted octanol–water partition coefficient (Wildman–Crippen LogP) is 2.00. The van der Waals surface area contributed by atoms with Crippen molar-refractivity contribution in [2.45, 2.75) is 18.7 Å². The molecule has 2 heterocycles. The molecule has 1 amide bonds. The molecule has 9 nitrogen and oxygen atoms in total. The summed E-state index contributed by atoms with van der Waals surface area (Å²) in [6, 6.07) is 11.0. The highest BCUT2D eigenvalue weighted by atomic mass is 32.2. The second-order valence-corrected chi connectivity index (χ2v) is 7.24. The number of carbonyl (C=O) groups is 1. The maximum Gasteiger partial charge on any atom is 0.264 e. The summed E-state index contributed by atoms with van der Waals surface area (Å²) in [6.07, 6.45) is 1.59. The summed E-state index contributed by atoms with van der Waals surface area (Å²) in [4.78, 5) is 27.6. The van der Waals surface area contributed by atoms with Gasteiger partial charge in [0.25, 0.3) is 10.0 Å². The largest absolute Gasteiger partial charge is 0.326 e. The second-order valence-electron chi connectivity index (χ2n) is 5.56. The molecule has 0 atom stereocenters. The van der Waals surface area contributed by atoms with Crippen LogP contribution in [0.4, 0.5) is 11.6 Å². The molecule has 3 rings (SSSR count). The van der Waals surface area contributed by atoms with E-state index in [0.717, 1.165) is 0 Å². The minimum absolute atomic E-state index is 0.00838. The molecule has 0 spiro atoms. The first-order valence-corrected chi connectivity index (χ1v) is 9.36. The van der Waals surface area contributed by atoms with Gasteiger partial charge in [0.2, 0.25) is 11.9 Å². The molecular weight excluding hydrogens is 368 g/mol. The van der Waals surface area contributed by atoms with Gasteiger partial charge in [-0.05, 0) is 43.3 Å². The first-order chi connectivity index (χ1) is 12.8. The summed E-state index contributed by atoms with van der Waals surface area (Å²) in [7, 11) is -3.91. The highest BCUT2D eigenvalue weighted by Crippen LogP contribution is 2.18. The summed E-state index contributed by atoms with van der Waals surface area (Å²) in [5.74, 6) is 0.270. The van der Waals surface area contributed by atoms with Crippen molar-refractivity contribution < 1.29 is 13.2 Å². The van der Waals surface area contributed by atoms with Gasteiger partial charge in [0.05, 0.1) is 4.90 Å². The maximum absolute atomic E-state index is 12.6. The van der Waals surface area contributed by atoms with Crippen molar-refractivity contribution in [2.24, 2.45) is 0 Å². The van der Waals surface area contributed by atoms with E-state index in [1.54, 1.807) is 31.3 Å². The number of aromatic nitrogens is 4. The van der Waals surface area contributed by atoms with Gasteiger partial charge in [0, 0.05) is 18.8 Å². The third-order valence-corrected chi connectivity index (χ3v) is 4.70. The molecule has 3 aromatic rings. The van der Waals surface area contributed by atoms with Crippen LogP contribution in [-0.2, 0) is 14.8 Å². The van der Waals surface area contributed by atoms with E-state index >= 15 is 0 Å². The fraction of sp³-hybridized carbons (Fsp3) is 0.118. The number of hydrogen-bond acceptors (Lipinski definition) is 7. The van der Waals surface area contributed by atoms with Gasteiger partial charge in [-0.3, -0.25) is 9.78 Å². The van der Waals surface area contributed by atoms with Crippen molar-refractivity contribution in [3.05, 3.63) is 54.5 Å². The Kier molecular flexibility index (Phi) is 5.08. The topological polar surface area (TPSA) is 127 Å². The first-order valence-electron chi connectivity index (χ1n) is 7.88. The van der Waals surface area contributed by atoms with Crippen LogP contribution in [0.2, 0.25) is 0 Å². The second kappa shape index (κ2) is 7.46. The summed E-state index contributed by atoms with van der Waals surface area (Å²) in [6.45, 7) is 3.00. The van der Waals surface area contributed by atoms with Gasteiger partial charge >= 0.3 is 0 Å². The number of nitrogens with one attached hydrogen (secondary N) is 2. The van der Waals surface area contributed by atoms with E-state index in [2.05, 4.69) is 30.0 Å². The number of pyridine rings is 1. The van der Waals surface area contributed by atoms with Gasteiger partial charge in [-0.1, -0.05) is 6.07 Å². The molecule has 2 aromatic heterocycles. The molecule has 0 fully saturated rings. The van der Waals surface area contributed by atoms with Crippen LogP contribution in [0.1, 0.15) is 12.7 Å². The van der Waals surface area contributed by atoms with Gasteiger partial charge in [-0.25, -0.2) is 18.1 Å². The lowest BCUT2D eigenvalue weighted by Gasteiger charge is -2.09. The average molecular weight is 384 g/mol. The van der Waals surface area contributed by atoms with Crippen LogP contribution < -0.4 is 10.0 Å². The number of sulfonamides is 1. The molecule has 0 aliphatic rings. The molecule has 0 saturated carbocycles. The Labute approximate surface area is 156 Å². The summed E-state index contributed by atoms with van der Waals surface area (Å²) < 4.78 is 27.5. The van der Waals surface area contributed by atoms with Crippen molar-refractivity contribution in [1.29, 1.82) is 0 Å². The lowest BCUT2D eigenvalue weighted by atomic mass is 10.3. The van der Waals surface area contributed by atoms with E-state index in [1.165, 1.54) is 31.2 Å². The molecule has 0 radical (unpaired) electrons. The summed E-state index contributed by atoms with van der Waals surface area (Å²) >= 11 is 0. The Balaban J connectivity index is 1.87. The number of rotatable bonds is 5. The Bertz CT molecular complexity index is 1070. The molecule has 0 saturated heterocycles. The standard InChI is InChI=1S/C17H16N6O3S/c1-11-19-16(15-5-3-4-10-18-15)22-17(20-11)23-27(25,26)14-8-6-13(7-9-14)21-12(2)24/h3-10H,1-2H3,(H,21,24)(H,19,20,22,23). The number of hydrogen-bond donors (Lipinski definition) is 2. The molecule has 0 bridgehead atoms. The van der Waals surface area contributed by atoms with Crippen LogP contribution in [0.25, 0.3) is 11.5 Å². The molecule has 1 aromatic carbocycles. The van der Waals surface area contributed by atoms with Gasteiger partial charge in [-0.15, -0.1) is 0 Å². The number of anilines is 2. The van der Waals surface area contributed by atoms with E-state index in [9.17, 15) is 13.2 Å². The fourth-order valence-corrected chi connectivity index (χ4v) is 3.18. The quantitative estimate of drug-likeness (QED) is 0.689. The maximum atomic E-state index is 12.6. The molecule has 0 unspecified atom stereocenters. The Morgan fingerprint density at radius 2 is 1.74 bits per heavy atom. The monoisotopic (exact) mass is 384 g/mol. The van der Waals surface area contributed by atoms with E-state index in [0.29, 0.717) is 17.2 Å². The van der Waals surface area contributed by atoms with Crippen LogP contribution in [-0.4, -0.2) is 34.3 Å². The minimum Gasteiger partial charge on any atom is -0.326 e. The number of amides is 1. The lowest BCUT2D eigenvalue weighted by molar-refractivity contribution is -0.114. The van der Waals surface area contributed by atoms with Crippen LogP contribution >= 0.6 is 0 Å². The zero-order chi connectivity index (χ0) is 19.4. The van der Waals surface area contributed by atoms with Crippen molar-refractivity contribution in [2.75, 3.05) is 10.0 Å². The Morgan fingerprint density at radius 3 is 2.37 bits per heavy atom. The average Bonchev–Trinajstić information content (AvgIpc) is 2.61. The predicted molar refractivity (Wildman–Crippen MR) is 99.3 cm³/mol. The molecule has 10 heteroatoms. The Hall–Kier alpha value is -3.40. The lowest BCUT2D eigenvalue weighted by Crippen LogP contribution is -2.16. The van der Waals surface area contributed by atoms with Crippen molar-refractivity contribution in [1.82, 2.24) is 19.9 Å². The van der Waals surface area contributed by atoms with Crippen LogP contribution in [0.3, 0.4) is 0 Å². The zero-order valence-electron chi connectivity index (χ0n) is 14.5. The van der Waals surface area contributed by atoms with Gasteiger partial charge in [0.15, 0.2) is 5.82 Å². The SMILES string of the molecule is CC(=O)Nc1ccc(S(=O)(=O)Nc2nc(C)nc(-c3ccccn3)n2)cc1. The van der Waals surface area contributed by atoms with Crippen molar-refractivity contribution >= 4 is 27.6 Å². The van der Waals surface area contributed by atoms with E-state index in [-0.39, 0.29) is 22.6 Å². The minimum atomic E-state index is -3.91. The van der Waals surface area contributed by atoms with E-state index in [1.807, 2.05) is 0 Å². The fourth-order valence-electron chi connectivity index (χ4n) is 2.24. The normalized spacial score (nSPS) is 11.0. The molecule has 138 valence electrons. The summed E-state index contributed by atoms with van der Waals surface area (Å²) in [5, 5.41) is 2.57. The Morgan fingerprint density at radius 1 is 1.00 bits per heavy atom. The molecule has 0 aliphatic carbocycles. The molecule has 2 N–H and O–H groups in total. The van der Waals surface area contributed by atoms with E-state index < -0.39 is 10.0 Å². The van der Waals surface area contributed by atoms with Crippen LogP contribution in [0.15, 0.2) is 53.6 Å². The van der Waals surface area contributed by atoms with Crippen molar-refractivity contribution in [3.63, 3.8) is 0 Å². The molecular formula is C17H16N6O3S. The van der Waals surface area contributed by atoms with Gasteiger partial charge < -0.3 is 5.32 Å².